The highest BCUT2D eigenvalue weighted by Gasteiger charge is 2.31. The van der Waals surface area contributed by atoms with Crippen LogP contribution in [0.4, 0.5) is 30.2 Å². The average molecular weight is 410 g/mol. The van der Waals surface area contributed by atoms with Crippen molar-refractivity contribution in [2.75, 3.05) is 50.0 Å². The Labute approximate surface area is 165 Å². The summed E-state index contributed by atoms with van der Waals surface area (Å²) in [7, 11) is 0. The van der Waals surface area contributed by atoms with E-state index in [4.69, 9.17) is 10.5 Å². The molecule has 0 aromatic heterocycles. The van der Waals surface area contributed by atoms with Gasteiger partial charge in [0, 0.05) is 38.4 Å². The number of benzene rings is 2. The molecular weight excluding hydrogens is 389 g/mol. The van der Waals surface area contributed by atoms with Gasteiger partial charge < -0.3 is 15.4 Å². The van der Waals surface area contributed by atoms with Crippen LogP contribution >= 0.6 is 0 Å². The lowest BCUT2D eigenvalue weighted by Gasteiger charge is -2.36. The van der Waals surface area contributed by atoms with Gasteiger partial charge >= 0.3 is 6.18 Å². The summed E-state index contributed by atoms with van der Waals surface area (Å²) in [6.45, 7) is 3.52. The number of nitrogens with zero attached hydrogens (tertiary/aromatic N) is 3. The topological polar surface area (TPSA) is 84.9 Å². The molecule has 156 valence electrons. The number of ether oxygens (including phenoxy) is 1. The molecule has 1 heterocycles. The van der Waals surface area contributed by atoms with E-state index in [2.05, 4.69) is 4.90 Å². The van der Waals surface area contributed by atoms with Crippen LogP contribution in [0.15, 0.2) is 42.5 Å². The third kappa shape index (κ3) is 5.29. The zero-order valence-corrected chi connectivity index (χ0v) is 15.6. The van der Waals surface area contributed by atoms with Gasteiger partial charge in [-0.25, -0.2) is 0 Å². The molecule has 0 radical (unpaired) electrons. The van der Waals surface area contributed by atoms with Crippen molar-refractivity contribution >= 4 is 17.1 Å². The number of nitro groups is 1. The van der Waals surface area contributed by atoms with Crippen LogP contribution in [0.5, 0.6) is 5.75 Å². The SMILES string of the molecule is Nc1ccc(OCCN2CCN(c3cccc(C(F)(F)F)c3)CC2)cc1[N+](=O)[O-]. The van der Waals surface area contributed by atoms with E-state index in [1.54, 1.807) is 12.1 Å². The molecule has 3 rings (SSSR count). The van der Waals surface area contributed by atoms with Gasteiger partial charge in [0.15, 0.2) is 0 Å². The largest absolute Gasteiger partial charge is 0.492 e. The van der Waals surface area contributed by atoms with E-state index < -0.39 is 16.7 Å². The predicted octanol–water partition coefficient (Wildman–Crippen LogP) is 3.40. The number of alkyl halides is 3. The summed E-state index contributed by atoms with van der Waals surface area (Å²) < 4.78 is 44.2. The second kappa shape index (κ2) is 8.56. The molecule has 1 aliphatic rings. The number of rotatable bonds is 6. The fourth-order valence-electron chi connectivity index (χ4n) is 3.17. The number of hydrogen-bond acceptors (Lipinski definition) is 6. The minimum absolute atomic E-state index is 0.0769. The van der Waals surface area contributed by atoms with E-state index >= 15 is 0 Å². The third-order valence-electron chi connectivity index (χ3n) is 4.79. The Hall–Kier alpha value is -3.01. The van der Waals surface area contributed by atoms with Crippen molar-refractivity contribution in [3.63, 3.8) is 0 Å². The molecule has 7 nitrogen and oxygen atoms in total. The van der Waals surface area contributed by atoms with E-state index in [-0.39, 0.29) is 11.4 Å². The van der Waals surface area contributed by atoms with Gasteiger partial charge in [-0.2, -0.15) is 13.2 Å². The standard InChI is InChI=1S/C19H21F3N4O3/c20-19(21,22)14-2-1-3-15(12-14)25-8-6-24(7-9-25)10-11-29-16-4-5-17(23)18(13-16)26(27)28/h1-5,12-13H,6-11,23H2. The van der Waals surface area contributed by atoms with Crippen LogP contribution in [0.1, 0.15) is 5.56 Å². The van der Waals surface area contributed by atoms with Crippen LogP contribution in [0.3, 0.4) is 0 Å². The second-order valence-corrected chi connectivity index (χ2v) is 6.70. The van der Waals surface area contributed by atoms with Crippen molar-refractivity contribution in [1.82, 2.24) is 4.90 Å². The molecule has 0 amide bonds. The number of piperazine rings is 1. The first kappa shape index (κ1) is 20.7. The minimum Gasteiger partial charge on any atom is -0.492 e. The van der Waals surface area contributed by atoms with E-state index in [0.29, 0.717) is 50.8 Å². The van der Waals surface area contributed by atoms with Gasteiger partial charge in [0.1, 0.15) is 18.0 Å². The van der Waals surface area contributed by atoms with Crippen LogP contribution in [0, 0.1) is 10.1 Å². The van der Waals surface area contributed by atoms with Crippen molar-refractivity contribution < 1.29 is 22.8 Å². The molecule has 2 aromatic rings. The van der Waals surface area contributed by atoms with Gasteiger partial charge in [-0.05, 0) is 30.3 Å². The van der Waals surface area contributed by atoms with Gasteiger partial charge in [0.2, 0.25) is 0 Å². The summed E-state index contributed by atoms with van der Waals surface area (Å²) in [5, 5.41) is 10.9. The molecule has 10 heteroatoms. The molecule has 0 bridgehead atoms. The Morgan fingerprint density at radius 2 is 1.83 bits per heavy atom. The minimum atomic E-state index is -4.35. The van der Waals surface area contributed by atoms with Gasteiger partial charge in [0.25, 0.3) is 5.69 Å². The summed E-state index contributed by atoms with van der Waals surface area (Å²) in [5.41, 5.74) is 5.35. The van der Waals surface area contributed by atoms with Crippen LogP contribution in [0.2, 0.25) is 0 Å². The van der Waals surface area contributed by atoms with Crippen LogP contribution in [-0.4, -0.2) is 49.2 Å². The predicted molar refractivity (Wildman–Crippen MR) is 103 cm³/mol. The highest BCUT2D eigenvalue weighted by atomic mass is 19.4. The number of nitrogens with two attached hydrogens (primary N) is 1. The van der Waals surface area contributed by atoms with Crippen molar-refractivity contribution in [2.24, 2.45) is 0 Å². The first-order chi connectivity index (χ1) is 13.7. The van der Waals surface area contributed by atoms with E-state index in [1.165, 1.54) is 24.3 Å². The van der Waals surface area contributed by atoms with Crippen LogP contribution in [-0.2, 0) is 6.18 Å². The smallest absolute Gasteiger partial charge is 0.416 e. The molecule has 1 fully saturated rings. The molecule has 1 aliphatic heterocycles. The van der Waals surface area contributed by atoms with Gasteiger partial charge in [0.05, 0.1) is 16.6 Å². The highest BCUT2D eigenvalue weighted by Crippen LogP contribution is 2.32. The molecule has 0 aliphatic carbocycles. The number of halogens is 3. The van der Waals surface area contributed by atoms with Gasteiger partial charge in [-0.1, -0.05) is 6.07 Å². The molecule has 2 aromatic carbocycles. The second-order valence-electron chi connectivity index (χ2n) is 6.70. The number of hydrogen-bond donors (Lipinski definition) is 1. The third-order valence-corrected chi connectivity index (χ3v) is 4.79. The average Bonchev–Trinajstić information content (AvgIpc) is 2.69. The molecule has 2 N–H and O–H groups in total. The lowest BCUT2D eigenvalue weighted by atomic mass is 10.1. The molecule has 0 spiro atoms. The maximum atomic E-state index is 12.9. The summed E-state index contributed by atoms with van der Waals surface area (Å²) in [6, 6.07) is 9.65. The first-order valence-corrected chi connectivity index (χ1v) is 9.05. The van der Waals surface area contributed by atoms with Crippen LogP contribution < -0.4 is 15.4 Å². The Kier molecular flexibility index (Phi) is 6.12. The Bertz CT molecular complexity index is 868. The lowest BCUT2D eigenvalue weighted by molar-refractivity contribution is -0.384. The fraction of sp³-hybridized carbons (Fsp3) is 0.368. The maximum absolute atomic E-state index is 12.9. The molecule has 0 unspecified atom stereocenters. The molecule has 29 heavy (non-hydrogen) atoms. The van der Waals surface area contributed by atoms with Crippen molar-refractivity contribution in [2.45, 2.75) is 6.18 Å². The van der Waals surface area contributed by atoms with Gasteiger partial charge in [-0.3, -0.25) is 15.0 Å². The quantitative estimate of drug-likeness (QED) is 0.446. The first-order valence-electron chi connectivity index (χ1n) is 9.05. The molecule has 1 saturated heterocycles. The number of nitro benzene ring substituents is 1. The molecule has 0 atom stereocenters. The van der Waals surface area contributed by atoms with E-state index in [0.717, 1.165) is 6.07 Å². The molecular formula is C19H21F3N4O3. The summed E-state index contributed by atoms with van der Waals surface area (Å²) in [5.74, 6) is 0.369. The summed E-state index contributed by atoms with van der Waals surface area (Å²) in [4.78, 5) is 14.4. The Morgan fingerprint density at radius 3 is 2.48 bits per heavy atom. The van der Waals surface area contributed by atoms with Crippen molar-refractivity contribution in [3.05, 3.63) is 58.1 Å². The Balaban J connectivity index is 1.48. The zero-order chi connectivity index (χ0) is 21.0. The zero-order valence-electron chi connectivity index (χ0n) is 15.6. The number of nitrogen functional groups attached to an aromatic ring is 1. The summed E-state index contributed by atoms with van der Waals surface area (Å²) >= 11 is 0. The lowest BCUT2D eigenvalue weighted by Crippen LogP contribution is -2.47. The summed E-state index contributed by atoms with van der Waals surface area (Å²) in [6.07, 6.45) is -4.35. The van der Waals surface area contributed by atoms with Crippen molar-refractivity contribution in [3.8, 4) is 5.75 Å². The normalized spacial score (nSPS) is 15.3. The van der Waals surface area contributed by atoms with E-state index in [9.17, 15) is 23.3 Å². The molecule has 0 saturated carbocycles. The maximum Gasteiger partial charge on any atom is 0.416 e. The fourth-order valence-corrected chi connectivity index (χ4v) is 3.17. The van der Waals surface area contributed by atoms with Gasteiger partial charge in [-0.15, -0.1) is 0 Å². The number of anilines is 2. The van der Waals surface area contributed by atoms with Crippen LogP contribution in [0.25, 0.3) is 0 Å². The van der Waals surface area contributed by atoms with E-state index in [1.807, 2.05) is 4.90 Å². The highest BCUT2D eigenvalue weighted by molar-refractivity contribution is 5.60. The Morgan fingerprint density at radius 1 is 1.10 bits per heavy atom. The van der Waals surface area contributed by atoms with Crippen molar-refractivity contribution in [1.29, 1.82) is 0 Å². The monoisotopic (exact) mass is 410 g/mol.